The van der Waals surface area contributed by atoms with E-state index in [9.17, 15) is 9.59 Å². The lowest BCUT2D eigenvalue weighted by Gasteiger charge is -2.08. The topological polar surface area (TPSA) is 142 Å². The Morgan fingerprint density at radius 3 is 2.58 bits per heavy atom. The number of thiophene rings is 1. The summed E-state index contributed by atoms with van der Waals surface area (Å²) in [6.45, 7) is 5.23. The molecule has 188 valence electrons. The first-order chi connectivity index (χ1) is 18.4. The van der Waals surface area contributed by atoms with E-state index in [1.807, 2.05) is 44.2 Å². The Hall–Kier alpha value is -4.77. The molecule has 0 saturated heterocycles. The van der Waals surface area contributed by atoms with Crippen LogP contribution in [-0.4, -0.2) is 46.8 Å². The fourth-order valence-electron chi connectivity index (χ4n) is 4.06. The van der Waals surface area contributed by atoms with Crippen molar-refractivity contribution in [1.29, 1.82) is 0 Å². The van der Waals surface area contributed by atoms with Crippen molar-refractivity contribution in [3.05, 3.63) is 60.0 Å². The number of H-pyrrole nitrogens is 2. The van der Waals surface area contributed by atoms with Gasteiger partial charge in [-0.2, -0.15) is 5.10 Å². The van der Waals surface area contributed by atoms with Gasteiger partial charge in [-0.15, -0.1) is 11.3 Å². The largest absolute Gasteiger partial charge is 0.335 e. The average Bonchev–Trinajstić information content (AvgIpc) is 3.66. The summed E-state index contributed by atoms with van der Waals surface area (Å²) in [6.07, 6.45) is 6.78. The maximum Gasteiger partial charge on any atom is 0.226 e. The van der Waals surface area contributed by atoms with Gasteiger partial charge in [0.25, 0.3) is 0 Å². The summed E-state index contributed by atoms with van der Waals surface area (Å²) in [5.74, 6) is 0.349. The van der Waals surface area contributed by atoms with E-state index in [1.165, 1.54) is 11.3 Å². The van der Waals surface area contributed by atoms with Crippen LogP contribution in [0.5, 0.6) is 0 Å². The molecule has 1 amide bonds. The molecular formula is C27H22N8O2S. The minimum absolute atomic E-state index is 0.0250. The summed E-state index contributed by atoms with van der Waals surface area (Å²) >= 11 is 1.41. The number of rotatable bonds is 6. The predicted molar refractivity (Wildman–Crippen MR) is 147 cm³/mol. The molecule has 0 bridgehead atoms. The number of hydrogen-bond donors (Lipinski definition) is 3. The van der Waals surface area contributed by atoms with Crippen molar-refractivity contribution in [2.75, 3.05) is 5.32 Å². The van der Waals surface area contributed by atoms with Gasteiger partial charge < -0.3 is 10.3 Å². The van der Waals surface area contributed by atoms with Gasteiger partial charge in [0.05, 0.1) is 39.7 Å². The number of aromatic nitrogens is 7. The van der Waals surface area contributed by atoms with Gasteiger partial charge in [0.2, 0.25) is 5.91 Å². The third-order valence-corrected chi connectivity index (χ3v) is 7.29. The van der Waals surface area contributed by atoms with E-state index in [0.717, 1.165) is 32.6 Å². The molecule has 0 aromatic carbocycles. The maximum absolute atomic E-state index is 12.1. The second-order valence-electron chi connectivity index (χ2n) is 9.16. The van der Waals surface area contributed by atoms with Gasteiger partial charge in [-0.1, -0.05) is 13.8 Å². The van der Waals surface area contributed by atoms with Gasteiger partial charge in [-0.25, -0.2) is 9.97 Å². The maximum atomic E-state index is 12.1. The summed E-state index contributed by atoms with van der Waals surface area (Å²) in [4.78, 5) is 47.2. The first-order valence-electron chi connectivity index (χ1n) is 11.9. The summed E-state index contributed by atoms with van der Waals surface area (Å²) in [5, 5.41) is 10.4. The first kappa shape index (κ1) is 23.6. The van der Waals surface area contributed by atoms with Crippen LogP contribution in [0.2, 0.25) is 0 Å². The van der Waals surface area contributed by atoms with Crippen LogP contribution >= 0.6 is 11.3 Å². The van der Waals surface area contributed by atoms with Crippen LogP contribution in [0.3, 0.4) is 0 Å². The normalized spacial score (nSPS) is 11.5. The zero-order valence-electron chi connectivity index (χ0n) is 20.7. The fraction of sp³-hybridized carbons (Fsp3) is 0.148. The van der Waals surface area contributed by atoms with Crippen molar-refractivity contribution in [1.82, 2.24) is 35.1 Å². The van der Waals surface area contributed by atoms with Crippen molar-refractivity contribution < 1.29 is 9.59 Å². The number of carbonyl (C=O) groups excluding carboxylic acids is 2. The Kier molecular flexibility index (Phi) is 5.76. The molecule has 0 unspecified atom stereocenters. The highest BCUT2D eigenvalue weighted by Gasteiger charge is 2.18. The van der Waals surface area contributed by atoms with Crippen LogP contribution in [0.25, 0.3) is 55.3 Å². The summed E-state index contributed by atoms with van der Waals surface area (Å²) in [7, 11) is 0. The lowest BCUT2D eigenvalue weighted by atomic mass is 10.1. The molecule has 3 N–H and O–H groups in total. The molecule has 0 fully saturated rings. The minimum Gasteiger partial charge on any atom is -0.335 e. The summed E-state index contributed by atoms with van der Waals surface area (Å²) in [5.41, 5.74) is 6.33. The molecule has 6 aromatic rings. The van der Waals surface area contributed by atoms with E-state index in [0.29, 0.717) is 33.3 Å². The number of nitrogens with zero attached hydrogens (tertiary/aromatic N) is 5. The molecule has 0 spiro atoms. The van der Waals surface area contributed by atoms with Crippen LogP contribution < -0.4 is 5.32 Å². The van der Waals surface area contributed by atoms with Gasteiger partial charge in [0, 0.05) is 34.3 Å². The van der Waals surface area contributed by atoms with Crippen molar-refractivity contribution in [2.45, 2.75) is 20.8 Å². The number of fused-ring (bicyclic) bond motifs is 2. The van der Waals surface area contributed by atoms with E-state index in [4.69, 9.17) is 9.97 Å². The first-order valence-corrected chi connectivity index (χ1v) is 12.8. The van der Waals surface area contributed by atoms with E-state index in [2.05, 4.69) is 30.5 Å². The molecule has 0 saturated carbocycles. The van der Waals surface area contributed by atoms with Gasteiger partial charge in [0.1, 0.15) is 11.0 Å². The van der Waals surface area contributed by atoms with Crippen LogP contribution in [-0.2, 0) is 4.79 Å². The Bertz CT molecular complexity index is 1850. The number of anilines is 1. The molecule has 0 aliphatic carbocycles. The van der Waals surface area contributed by atoms with Crippen LogP contribution in [0.1, 0.15) is 30.4 Å². The molecule has 0 aliphatic rings. The molecule has 10 nitrogen and oxygen atoms in total. The highest BCUT2D eigenvalue weighted by Crippen LogP contribution is 2.34. The highest BCUT2D eigenvalue weighted by molar-refractivity contribution is 7.17. The Balaban J connectivity index is 1.40. The molecular weight excluding hydrogens is 500 g/mol. The lowest BCUT2D eigenvalue weighted by molar-refractivity contribution is -0.118. The number of pyridine rings is 3. The molecule has 6 heterocycles. The van der Waals surface area contributed by atoms with Crippen LogP contribution in [0.15, 0.2) is 55.1 Å². The Labute approximate surface area is 220 Å². The Morgan fingerprint density at radius 2 is 1.79 bits per heavy atom. The van der Waals surface area contributed by atoms with Gasteiger partial charge in [-0.05, 0) is 37.3 Å². The number of amides is 1. The molecule has 0 aliphatic heterocycles. The SMILES string of the molecule is CC(=O)c1ccc(-c2cncc3[nH]c(-c4n[nH]c5ccc(-c6cncc(NC(=O)C(C)C)c6)nc45)nc23)s1. The summed E-state index contributed by atoms with van der Waals surface area (Å²) in [6, 6.07) is 9.35. The number of ketones is 1. The molecule has 11 heteroatoms. The minimum atomic E-state index is -0.142. The molecule has 0 atom stereocenters. The van der Waals surface area contributed by atoms with Gasteiger partial charge in [-0.3, -0.25) is 24.7 Å². The van der Waals surface area contributed by atoms with Gasteiger partial charge in [0.15, 0.2) is 17.3 Å². The molecule has 38 heavy (non-hydrogen) atoms. The molecule has 6 aromatic heterocycles. The second kappa shape index (κ2) is 9.27. The van der Waals surface area contributed by atoms with Crippen molar-refractivity contribution >= 4 is 50.8 Å². The Morgan fingerprint density at radius 1 is 0.947 bits per heavy atom. The van der Waals surface area contributed by atoms with Crippen LogP contribution in [0, 0.1) is 5.92 Å². The number of hydrogen-bond acceptors (Lipinski definition) is 8. The highest BCUT2D eigenvalue weighted by atomic mass is 32.1. The number of Topliss-reactive ketones (excluding diaryl/α,β-unsaturated/α-hetero) is 1. The third kappa shape index (κ3) is 4.22. The lowest BCUT2D eigenvalue weighted by Crippen LogP contribution is -2.17. The number of nitrogens with one attached hydrogen (secondary N) is 3. The molecule has 0 radical (unpaired) electrons. The van der Waals surface area contributed by atoms with Crippen molar-refractivity contribution in [3.63, 3.8) is 0 Å². The zero-order valence-corrected chi connectivity index (χ0v) is 21.6. The quantitative estimate of drug-likeness (QED) is 0.246. The number of carbonyl (C=O) groups is 2. The van der Waals surface area contributed by atoms with Crippen LogP contribution in [0.4, 0.5) is 5.69 Å². The smallest absolute Gasteiger partial charge is 0.226 e. The number of imidazole rings is 1. The van der Waals surface area contributed by atoms with Crippen molar-refractivity contribution in [3.8, 4) is 33.2 Å². The second-order valence-corrected chi connectivity index (χ2v) is 10.2. The molecule has 6 rings (SSSR count). The average molecular weight is 523 g/mol. The van der Waals surface area contributed by atoms with Crippen molar-refractivity contribution in [2.24, 2.45) is 5.92 Å². The van der Waals surface area contributed by atoms with E-state index in [1.54, 1.807) is 31.7 Å². The standard InChI is InChI=1S/C27H22N8O2S/c1-13(2)27(37)30-16-8-15(9-28-10-16)18-4-5-19-24(31-18)25(35-34-19)26-32-20-12-29-11-17(23(20)33-26)22-7-6-21(38-22)14(3)36/h4-13H,1-3H3,(H,30,37)(H,32,33)(H,34,35). The summed E-state index contributed by atoms with van der Waals surface area (Å²) < 4.78 is 0. The number of aromatic amines is 2. The fourth-order valence-corrected chi connectivity index (χ4v) is 4.97. The monoisotopic (exact) mass is 522 g/mol. The predicted octanol–water partition coefficient (Wildman–Crippen LogP) is 5.48. The third-order valence-electron chi connectivity index (χ3n) is 6.07. The van der Waals surface area contributed by atoms with E-state index >= 15 is 0 Å². The van der Waals surface area contributed by atoms with E-state index < -0.39 is 0 Å². The van der Waals surface area contributed by atoms with Gasteiger partial charge >= 0.3 is 0 Å². The zero-order chi connectivity index (χ0) is 26.4. The van der Waals surface area contributed by atoms with E-state index in [-0.39, 0.29) is 17.6 Å².